The van der Waals surface area contributed by atoms with Gasteiger partial charge in [0.2, 0.25) is 0 Å². The van der Waals surface area contributed by atoms with E-state index in [1.807, 2.05) is 0 Å². The van der Waals surface area contributed by atoms with Gasteiger partial charge in [-0.1, -0.05) is 6.07 Å². The molecule has 0 aliphatic carbocycles. The van der Waals surface area contributed by atoms with Gasteiger partial charge in [0.05, 0.1) is 17.3 Å². The third kappa shape index (κ3) is 3.25. The van der Waals surface area contributed by atoms with Crippen LogP contribution in [-0.2, 0) is 6.54 Å². The fraction of sp³-hybridized carbons (Fsp3) is 0.143. The molecule has 1 N–H and O–H groups in total. The molecule has 0 fully saturated rings. The van der Waals surface area contributed by atoms with E-state index in [4.69, 9.17) is 4.74 Å². The Morgan fingerprint density at radius 1 is 1.05 bits per heavy atom. The fourth-order valence-corrected chi connectivity index (χ4v) is 1.99. The van der Waals surface area contributed by atoms with Crippen molar-refractivity contribution in [3.63, 3.8) is 0 Å². The summed E-state index contributed by atoms with van der Waals surface area (Å²) < 4.78 is 45.2. The van der Waals surface area contributed by atoms with Crippen LogP contribution in [0.3, 0.4) is 0 Å². The van der Waals surface area contributed by atoms with Crippen LogP contribution >= 0.6 is 15.9 Å². The smallest absolute Gasteiger partial charge is 0.165 e. The molecule has 0 heterocycles. The Morgan fingerprint density at radius 2 is 1.80 bits per heavy atom. The summed E-state index contributed by atoms with van der Waals surface area (Å²) in [5.74, 6) is -1.54. The first-order valence-corrected chi connectivity index (χ1v) is 6.51. The van der Waals surface area contributed by atoms with E-state index in [9.17, 15) is 13.2 Å². The van der Waals surface area contributed by atoms with E-state index in [1.165, 1.54) is 19.2 Å². The molecule has 0 bridgehead atoms. The minimum Gasteiger partial charge on any atom is -0.494 e. The van der Waals surface area contributed by atoms with E-state index in [2.05, 4.69) is 21.2 Å². The minimum absolute atomic E-state index is 0.0157. The van der Waals surface area contributed by atoms with E-state index >= 15 is 0 Å². The second-order valence-corrected chi connectivity index (χ2v) is 4.92. The maximum atomic E-state index is 13.6. The number of hydrogen-bond acceptors (Lipinski definition) is 2. The Balaban J connectivity index is 2.13. The Kier molecular flexibility index (Phi) is 4.54. The zero-order valence-electron chi connectivity index (χ0n) is 10.5. The van der Waals surface area contributed by atoms with Gasteiger partial charge in [0.25, 0.3) is 0 Å². The molecule has 0 radical (unpaired) electrons. The molecule has 0 unspecified atom stereocenters. The highest BCUT2D eigenvalue weighted by Gasteiger charge is 2.09. The average molecular weight is 346 g/mol. The number of benzene rings is 2. The number of hydrogen-bond donors (Lipinski definition) is 1. The molecule has 0 saturated heterocycles. The van der Waals surface area contributed by atoms with E-state index in [0.717, 1.165) is 12.1 Å². The quantitative estimate of drug-likeness (QED) is 0.824. The molecule has 20 heavy (non-hydrogen) atoms. The van der Waals surface area contributed by atoms with Crippen molar-refractivity contribution in [1.82, 2.24) is 0 Å². The summed E-state index contributed by atoms with van der Waals surface area (Å²) >= 11 is 2.90. The highest BCUT2D eigenvalue weighted by atomic mass is 79.9. The van der Waals surface area contributed by atoms with Crippen molar-refractivity contribution >= 4 is 21.6 Å². The summed E-state index contributed by atoms with van der Waals surface area (Å²) in [4.78, 5) is 0. The molecule has 0 aliphatic heterocycles. The normalized spacial score (nSPS) is 10.4. The van der Waals surface area contributed by atoms with Gasteiger partial charge in [-0.05, 0) is 39.7 Å². The number of halogens is 4. The van der Waals surface area contributed by atoms with Gasteiger partial charge in [0.15, 0.2) is 11.6 Å². The van der Waals surface area contributed by atoms with Gasteiger partial charge in [-0.25, -0.2) is 13.2 Å². The monoisotopic (exact) mass is 345 g/mol. The van der Waals surface area contributed by atoms with Gasteiger partial charge in [-0.15, -0.1) is 0 Å². The average Bonchev–Trinajstić information content (AvgIpc) is 2.41. The number of nitrogens with one attached hydrogen (secondary N) is 1. The van der Waals surface area contributed by atoms with Gasteiger partial charge in [-0.3, -0.25) is 0 Å². The van der Waals surface area contributed by atoms with Crippen molar-refractivity contribution in [3.05, 3.63) is 57.8 Å². The van der Waals surface area contributed by atoms with Crippen LogP contribution in [0, 0.1) is 17.5 Å². The summed E-state index contributed by atoms with van der Waals surface area (Å²) in [5, 5.41) is 2.72. The van der Waals surface area contributed by atoms with Crippen LogP contribution < -0.4 is 10.1 Å². The van der Waals surface area contributed by atoms with Crippen molar-refractivity contribution in [2.75, 3.05) is 12.4 Å². The van der Waals surface area contributed by atoms with Gasteiger partial charge in [0, 0.05) is 12.6 Å². The molecule has 2 aromatic rings. The molecule has 2 aromatic carbocycles. The zero-order chi connectivity index (χ0) is 14.7. The lowest BCUT2D eigenvalue weighted by Crippen LogP contribution is -2.03. The maximum Gasteiger partial charge on any atom is 0.165 e. The Morgan fingerprint density at radius 3 is 2.45 bits per heavy atom. The van der Waals surface area contributed by atoms with Crippen LogP contribution in [0.2, 0.25) is 0 Å². The lowest BCUT2D eigenvalue weighted by atomic mass is 10.2. The van der Waals surface area contributed by atoms with Crippen LogP contribution in [0.4, 0.5) is 18.9 Å². The zero-order valence-corrected chi connectivity index (χ0v) is 12.1. The van der Waals surface area contributed by atoms with Crippen LogP contribution in [0.25, 0.3) is 0 Å². The highest BCUT2D eigenvalue weighted by Crippen LogP contribution is 2.24. The largest absolute Gasteiger partial charge is 0.494 e. The van der Waals surface area contributed by atoms with Crippen molar-refractivity contribution in [3.8, 4) is 5.75 Å². The van der Waals surface area contributed by atoms with E-state index < -0.39 is 17.5 Å². The number of methoxy groups -OCH3 is 1. The second kappa shape index (κ2) is 6.17. The van der Waals surface area contributed by atoms with E-state index in [0.29, 0.717) is 5.56 Å². The molecule has 0 aromatic heterocycles. The first-order valence-electron chi connectivity index (χ1n) is 5.72. The fourth-order valence-electron chi connectivity index (χ4n) is 1.68. The van der Waals surface area contributed by atoms with Gasteiger partial charge in [0.1, 0.15) is 11.6 Å². The van der Waals surface area contributed by atoms with Crippen molar-refractivity contribution in [2.24, 2.45) is 0 Å². The van der Waals surface area contributed by atoms with Crippen LogP contribution in [0.15, 0.2) is 34.8 Å². The second-order valence-electron chi connectivity index (χ2n) is 4.07. The van der Waals surface area contributed by atoms with Crippen molar-refractivity contribution < 1.29 is 17.9 Å². The van der Waals surface area contributed by atoms with E-state index in [-0.39, 0.29) is 22.5 Å². The van der Waals surface area contributed by atoms with Crippen molar-refractivity contribution in [2.45, 2.75) is 6.54 Å². The first kappa shape index (κ1) is 14.7. The molecule has 0 saturated carbocycles. The summed E-state index contributed by atoms with van der Waals surface area (Å²) in [5.41, 5.74) is 0.605. The van der Waals surface area contributed by atoms with Crippen LogP contribution in [0.1, 0.15) is 5.56 Å². The summed E-state index contributed by atoms with van der Waals surface area (Å²) in [7, 11) is 1.37. The number of rotatable bonds is 4. The Hall–Kier alpha value is -1.69. The molecule has 2 rings (SSSR count). The molecule has 6 heteroatoms. The standard InChI is InChI=1S/C14H11BrF3NO/c1-20-14-3-2-8(4-12(14)18)7-19-13-6-10(16)9(15)5-11(13)17/h2-6,19H,7H2,1H3. The third-order valence-electron chi connectivity index (χ3n) is 2.71. The first-order chi connectivity index (χ1) is 9.51. The third-order valence-corrected chi connectivity index (χ3v) is 3.32. The molecule has 0 aliphatic rings. The van der Waals surface area contributed by atoms with Crippen LogP contribution in [-0.4, -0.2) is 7.11 Å². The lowest BCUT2D eigenvalue weighted by Gasteiger charge is -2.10. The number of anilines is 1. The summed E-state index contributed by atoms with van der Waals surface area (Å²) in [6, 6.07) is 6.47. The predicted octanol–water partition coefficient (Wildman–Crippen LogP) is 4.49. The lowest BCUT2D eigenvalue weighted by molar-refractivity contribution is 0.386. The van der Waals surface area contributed by atoms with E-state index in [1.54, 1.807) is 6.07 Å². The molecule has 0 amide bonds. The summed E-state index contributed by atoms with van der Waals surface area (Å²) in [6.07, 6.45) is 0. The topological polar surface area (TPSA) is 21.3 Å². The van der Waals surface area contributed by atoms with Crippen LogP contribution in [0.5, 0.6) is 5.75 Å². The predicted molar refractivity (Wildman–Crippen MR) is 74.3 cm³/mol. The molecular formula is C14H11BrF3NO. The molecular weight excluding hydrogens is 335 g/mol. The minimum atomic E-state index is -0.591. The number of ether oxygens (including phenoxy) is 1. The van der Waals surface area contributed by atoms with Gasteiger partial charge >= 0.3 is 0 Å². The summed E-state index contributed by atoms with van der Waals surface area (Å²) in [6.45, 7) is 0.166. The molecule has 2 nitrogen and oxygen atoms in total. The molecule has 0 atom stereocenters. The highest BCUT2D eigenvalue weighted by molar-refractivity contribution is 9.10. The Labute approximate surface area is 122 Å². The van der Waals surface area contributed by atoms with Gasteiger partial charge < -0.3 is 10.1 Å². The molecule has 106 valence electrons. The molecule has 0 spiro atoms. The van der Waals surface area contributed by atoms with Crippen molar-refractivity contribution in [1.29, 1.82) is 0 Å². The Bertz CT molecular complexity index is 634. The SMILES string of the molecule is COc1ccc(CNc2cc(F)c(Br)cc2F)cc1F. The van der Waals surface area contributed by atoms with Gasteiger partial charge in [-0.2, -0.15) is 0 Å². The maximum absolute atomic E-state index is 13.6.